The molecule has 1 N–H and O–H groups in total. The van der Waals surface area contributed by atoms with Gasteiger partial charge in [0.05, 0.1) is 23.8 Å². The molecule has 1 aliphatic carbocycles. The summed E-state index contributed by atoms with van der Waals surface area (Å²) in [6.07, 6.45) is 5.17. The van der Waals surface area contributed by atoms with E-state index in [0.717, 1.165) is 22.2 Å². The molecular weight excluding hydrogens is 272 g/mol. The van der Waals surface area contributed by atoms with E-state index in [9.17, 15) is 5.11 Å². The summed E-state index contributed by atoms with van der Waals surface area (Å²) in [6, 6.07) is 0.616. The molecule has 0 saturated heterocycles. The number of rotatable bonds is 7. The van der Waals surface area contributed by atoms with E-state index in [0.29, 0.717) is 18.6 Å². The Morgan fingerprint density at radius 1 is 1.40 bits per heavy atom. The molecule has 0 atom stereocenters. The normalized spacial score (nSPS) is 16.2. The first kappa shape index (κ1) is 15.7. The minimum atomic E-state index is 0.0521. The summed E-state index contributed by atoms with van der Waals surface area (Å²) in [5.74, 6) is 0.614. The minimum Gasteiger partial charge on any atom is -0.391 e. The molecule has 0 bridgehead atoms. The molecule has 5 heteroatoms. The van der Waals surface area contributed by atoms with Crippen LogP contribution in [0.25, 0.3) is 0 Å². The van der Waals surface area contributed by atoms with Gasteiger partial charge in [-0.05, 0) is 18.8 Å². The van der Waals surface area contributed by atoms with Crippen LogP contribution in [0, 0.1) is 5.92 Å². The van der Waals surface area contributed by atoms with Gasteiger partial charge < -0.3 is 14.7 Å². The van der Waals surface area contributed by atoms with Gasteiger partial charge in [0.25, 0.3) is 0 Å². The van der Waals surface area contributed by atoms with Crippen molar-refractivity contribution < 1.29 is 9.84 Å². The van der Waals surface area contributed by atoms with E-state index >= 15 is 0 Å². The molecule has 0 spiro atoms. The average molecular weight is 298 g/mol. The van der Waals surface area contributed by atoms with Gasteiger partial charge in [-0.15, -0.1) is 0 Å². The molecule has 1 heterocycles. The fraction of sp³-hybridized carbons (Fsp3) is 0.800. The van der Waals surface area contributed by atoms with Crippen molar-refractivity contribution in [3.05, 3.63) is 10.6 Å². The van der Waals surface area contributed by atoms with E-state index in [4.69, 9.17) is 9.72 Å². The van der Waals surface area contributed by atoms with Gasteiger partial charge in [0, 0.05) is 19.7 Å². The van der Waals surface area contributed by atoms with Crippen molar-refractivity contribution in [2.24, 2.45) is 5.92 Å². The van der Waals surface area contributed by atoms with Crippen molar-refractivity contribution in [2.75, 3.05) is 18.6 Å². The summed E-state index contributed by atoms with van der Waals surface area (Å²) in [5, 5.41) is 10.5. The summed E-state index contributed by atoms with van der Waals surface area (Å²) in [6.45, 7) is 6.07. The number of anilines is 1. The fourth-order valence-electron chi connectivity index (χ4n) is 2.86. The Balaban J connectivity index is 2.22. The minimum absolute atomic E-state index is 0.0521. The van der Waals surface area contributed by atoms with Gasteiger partial charge >= 0.3 is 0 Å². The van der Waals surface area contributed by atoms with Crippen LogP contribution in [0.3, 0.4) is 0 Å². The summed E-state index contributed by atoms with van der Waals surface area (Å²) in [5.41, 5.74) is 0.891. The van der Waals surface area contributed by atoms with Crippen LogP contribution in [0.5, 0.6) is 0 Å². The van der Waals surface area contributed by atoms with Gasteiger partial charge in [0.1, 0.15) is 0 Å². The Morgan fingerprint density at radius 3 is 2.65 bits per heavy atom. The molecule has 4 nitrogen and oxygen atoms in total. The van der Waals surface area contributed by atoms with Crippen LogP contribution in [-0.2, 0) is 18.0 Å². The molecule has 114 valence electrons. The number of methoxy groups -OCH3 is 1. The lowest BCUT2D eigenvalue weighted by atomic mass is 10.1. The number of aromatic nitrogens is 1. The molecule has 0 amide bonds. The Labute approximate surface area is 125 Å². The predicted molar refractivity (Wildman–Crippen MR) is 83.2 cm³/mol. The summed E-state index contributed by atoms with van der Waals surface area (Å²) < 4.78 is 5.18. The SMILES string of the molecule is COCc1nc(N(CC(C)C)C2CCCC2)sc1CO. The van der Waals surface area contributed by atoms with E-state index in [1.807, 2.05) is 0 Å². The van der Waals surface area contributed by atoms with E-state index in [2.05, 4.69) is 18.7 Å². The maximum atomic E-state index is 9.48. The van der Waals surface area contributed by atoms with Crippen molar-refractivity contribution >= 4 is 16.5 Å². The van der Waals surface area contributed by atoms with Crippen LogP contribution < -0.4 is 4.90 Å². The molecule has 2 rings (SSSR count). The van der Waals surface area contributed by atoms with Crippen LogP contribution in [0.2, 0.25) is 0 Å². The van der Waals surface area contributed by atoms with E-state index in [-0.39, 0.29) is 6.61 Å². The Morgan fingerprint density at radius 2 is 2.10 bits per heavy atom. The number of hydrogen-bond acceptors (Lipinski definition) is 5. The van der Waals surface area contributed by atoms with Crippen molar-refractivity contribution in [1.82, 2.24) is 4.98 Å². The van der Waals surface area contributed by atoms with E-state index in [1.165, 1.54) is 25.7 Å². The Kier molecular flexibility index (Phi) is 5.81. The zero-order valence-corrected chi connectivity index (χ0v) is 13.6. The lowest BCUT2D eigenvalue weighted by Crippen LogP contribution is -2.36. The molecule has 0 radical (unpaired) electrons. The monoisotopic (exact) mass is 298 g/mol. The third-order valence-corrected chi connectivity index (χ3v) is 4.88. The topological polar surface area (TPSA) is 45.6 Å². The van der Waals surface area contributed by atoms with Gasteiger partial charge in [0.15, 0.2) is 5.13 Å². The van der Waals surface area contributed by atoms with Gasteiger partial charge in [-0.2, -0.15) is 0 Å². The third kappa shape index (κ3) is 3.71. The van der Waals surface area contributed by atoms with Crippen molar-refractivity contribution in [2.45, 2.75) is 58.8 Å². The lowest BCUT2D eigenvalue weighted by Gasteiger charge is -2.30. The fourth-order valence-corrected chi connectivity index (χ4v) is 3.86. The highest BCUT2D eigenvalue weighted by molar-refractivity contribution is 7.15. The highest BCUT2D eigenvalue weighted by Crippen LogP contribution is 2.33. The molecule has 1 aromatic heterocycles. The second kappa shape index (κ2) is 7.38. The van der Waals surface area contributed by atoms with Crippen LogP contribution in [0.1, 0.15) is 50.1 Å². The first-order valence-electron chi connectivity index (χ1n) is 7.50. The number of hydrogen-bond donors (Lipinski definition) is 1. The van der Waals surface area contributed by atoms with Crippen molar-refractivity contribution in [3.63, 3.8) is 0 Å². The number of thiazole rings is 1. The van der Waals surface area contributed by atoms with Crippen molar-refractivity contribution in [1.29, 1.82) is 0 Å². The largest absolute Gasteiger partial charge is 0.391 e. The first-order chi connectivity index (χ1) is 9.65. The van der Waals surface area contributed by atoms with Gasteiger partial charge in [-0.3, -0.25) is 0 Å². The molecule has 1 saturated carbocycles. The van der Waals surface area contributed by atoms with Gasteiger partial charge in [-0.25, -0.2) is 4.98 Å². The predicted octanol–water partition coefficient (Wildman–Crippen LogP) is 3.19. The molecule has 20 heavy (non-hydrogen) atoms. The average Bonchev–Trinajstić information content (AvgIpc) is 3.05. The van der Waals surface area contributed by atoms with Crippen molar-refractivity contribution in [3.8, 4) is 0 Å². The molecule has 0 unspecified atom stereocenters. The molecule has 0 aromatic carbocycles. The second-order valence-corrected chi connectivity index (χ2v) is 7.00. The molecule has 1 aromatic rings. The smallest absolute Gasteiger partial charge is 0.186 e. The second-order valence-electron chi connectivity index (χ2n) is 5.94. The van der Waals surface area contributed by atoms with Crippen LogP contribution in [0.4, 0.5) is 5.13 Å². The number of ether oxygens (including phenoxy) is 1. The Hall–Kier alpha value is -0.650. The molecule has 0 aliphatic heterocycles. The van der Waals surface area contributed by atoms with Crippen LogP contribution >= 0.6 is 11.3 Å². The zero-order chi connectivity index (χ0) is 14.5. The first-order valence-corrected chi connectivity index (χ1v) is 8.32. The summed E-state index contributed by atoms with van der Waals surface area (Å²) in [7, 11) is 1.67. The lowest BCUT2D eigenvalue weighted by molar-refractivity contribution is 0.179. The van der Waals surface area contributed by atoms with Crippen LogP contribution in [0.15, 0.2) is 0 Å². The number of aliphatic hydroxyl groups is 1. The molecule has 1 aliphatic rings. The Bertz CT molecular complexity index is 414. The molecule has 1 fully saturated rings. The third-order valence-electron chi connectivity index (χ3n) is 3.76. The maximum Gasteiger partial charge on any atom is 0.186 e. The number of aliphatic hydroxyl groups excluding tert-OH is 1. The quantitative estimate of drug-likeness (QED) is 0.840. The maximum absolute atomic E-state index is 9.48. The highest BCUT2D eigenvalue weighted by atomic mass is 32.1. The summed E-state index contributed by atoms with van der Waals surface area (Å²) >= 11 is 1.62. The number of nitrogens with zero attached hydrogens (tertiary/aromatic N) is 2. The summed E-state index contributed by atoms with van der Waals surface area (Å²) in [4.78, 5) is 8.13. The van der Waals surface area contributed by atoms with E-state index in [1.54, 1.807) is 18.4 Å². The zero-order valence-electron chi connectivity index (χ0n) is 12.8. The van der Waals surface area contributed by atoms with Gasteiger partial charge in [0.2, 0.25) is 0 Å². The van der Waals surface area contributed by atoms with E-state index < -0.39 is 0 Å². The molecular formula is C15H26N2O2S. The van der Waals surface area contributed by atoms with Crippen LogP contribution in [-0.4, -0.2) is 29.8 Å². The highest BCUT2D eigenvalue weighted by Gasteiger charge is 2.26. The van der Waals surface area contributed by atoms with Gasteiger partial charge in [-0.1, -0.05) is 38.0 Å². The standard InChI is InChI=1S/C15H26N2O2S/c1-11(2)8-17(12-6-4-5-7-12)15-16-13(10-19-3)14(9-18)20-15/h11-12,18H,4-10H2,1-3H3.